The van der Waals surface area contributed by atoms with Gasteiger partial charge in [0.1, 0.15) is 17.2 Å². The van der Waals surface area contributed by atoms with Crippen molar-refractivity contribution in [2.75, 3.05) is 31.3 Å². The maximum Gasteiger partial charge on any atom is 0.263 e. The van der Waals surface area contributed by atoms with Gasteiger partial charge in [0.2, 0.25) is 10.0 Å². The summed E-state index contributed by atoms with van der Waals surface area (Å²) in [6.07, 6.45) is 0.118. The number of sulfonamides is 1. The molecule has 1 amide bonds. The Morgan fingerprint density at radius 1 is 1.21 bits per heavy atom. The number of carbonyl (C=O) groups is 1. The summed E-state index contributed by atoms with van der Waals surface area (Å²) in [5, 5.41) is 2.87. The second-order valence-electron chi connectivity index (χ2n) is 6.71. The summed E-state index contributed by atoms with van der Waals surface area (Å²) in [4.78, 5) is 12.9. The summed E-state index contributed by atoms with van der Waals surface area (Å²) in [7, 11) is -0.465. The van der Waals surface area contributed by atoms with Gasteiger partial charge in [-0.05, 0) is 37.3 Å². The number of hydrogen-bond donors (Lipinski definition) is 1. The molecule has 0 unspecified atom stereocenters. The van der Waals surface area contributed by atoms with E-state index in [0.29, 0.717) is 22.9 Å². The topological polar surface area (TPSA) is 94.2 Å². The Bertz CT molecular complexity index is 1010. The lowest BCUT2D eigenvalue weighted by molar-refractivity contribution is -0.128. The Labute approximate surface area is 170 Å². The average Bonchev–Trinajstić information content (AvgIpc) is 2.71. The first-order valence-corrected chi connectivity index (χ1v) is 10.8. The zero-order valence-electron chi connectivity index (χ0n) is 16.7. The zero-order chi connectivity index (χ0) is 21.2. The maximum absolute atomic E-state index is 12.9. The monoisotopic (exact) mass is 420 g/mol. The molecule has 0 fully saturated rings. The van der Waals surface area contributed by atoms with Gasteiger partial charge in [0, 0.05) is 5.56 Å². The number of nitrogens with one attached hydrogen (secondary N) is 1. The molecule has 2 aromatic rings. The molecule has 2 atom stereocenters. The van der Waals surface area contributed by atoms with E-state index in [1.165, 1.54) is 4.31 Å². The van der Waals surface area contributed by atoms with Crippen LogP contribution in [0, 0.1) is 0 Å². The van der Waals surface area contributed by atoms with E-state index in [-0.39, 0.29) is 6.54 Å². The molecule has 2 aromatic carbocycles. The van der Waals surface area contributed by atoms with Crippen molar-refractivity contribution in [2.24, 2.45) is 0 Å². The number of nitrogens with zero attached hydrogens (tertiary/aromatic N) is 1. The van der Waals surface area contributed by atoms with Crippen LogP contribution in [0.5, 0.6) is 17.2 Å². The van der Waals surface area contributed by atoms with Crippen LogP contribution in [0.2, 0.25) is 0 Å². The summed E-state index contributed by atoms with van der Waals surface area (Å²) in [6.45, 7) is 1.70. The van der Waals surface area contributed by atoms with E-state index in [4.69, 9.17) is 14.2 Å². The highest BCUT2D eigenvalue weighted by Gasteiger charge is 2.35. The van der Waals surface area contributed by atoms with Gasteiger partial charge in [-0.15, -0.1) is 0 Å². The van der Waals surface area contributed by atoms with Gasteiger partial charge in [0.15, 0.2) is 6.10 Å². The first-order chi connectivity index (χ1) is 13.7. The molecule has 1 aliphatic heterocycles. The number of fused-ring (bicyclic) bond motifs is 1. The predicted octanol–water partition coefficient (Wildman–Crippen LogP) is 2.11. The molecule has 0 radical (unpaired) electrons. The smallest absolute Gasteiger partial charge is 0.263 e. The zero-order valence-corrected chi connectivity index (χ0v) is 17.5. The second kappa shape index (κ2) is 8.20. The number of amides is 1. The molecular weight excluding hydrogens is 396 g/mol. The fourth-order valence-corrected chi connectivity index (χ4v) is 4.13. The van der Waals surface area contributed by atoms with Crippen LogP contribution in [0.25, 0.3) is 0 Å². The molecule has 8 nitrogen and oxygen atoms in total. The lowest BCUT2D eigenvalue weighted by atomic mass is 10.1. The van der Waals surface area contributed by atoms with E-state index in [1.807, 2.05) is 0 Å². The van der Waals surface area contributed by atoms with Crippen LogP contribution in [0.15, 0.2) is 42.5 Å². The molecule has 1 aliphatic rings. The van der Waals surface area contributed by atoms with Crippen LogP contribution in [-0.4, -0.2) is 47.4 Å². The van der Waals surface area contributed by atoms with Gasteiger partial charge in [0.05, 0.1) is 38.7 Å². The van der Waals surface area contributed by atoms with Gasteiger partial charge < -0.3 is 19.5 Å². The number of ether oxygens (including phenoxy) is 3. The predicted molar refractivity (Wildman–Crippen MR) is 109 cm³/mol. The minimum Gasteiger partial charge on any atom is -0.497 e. The highest BCUT2D eigenvalue weighted by Crippen LogP contribution is 2.35. The highest BCUT2D eigenvalue weighted by molar-refractivity contribution is 7.92. The summed E-state index contributed by atoms with van der Waals surface area (Å²) in [5.41, 5.74) is 1.15. The Hall–Kier alpha value is -2.94. The molecule has 9 heteroatoms. The normalized spacial score (nSPS) is 17.0. The number of para-hydroxylation sites is 2. The Kier molecular flexibility index (Phi) is 5.88. The number of carbonyl (C=O) groups excluding carboxylic acids is 1. The van der Waals surface area contributed by atoms with Gasteiger partial charge in [-0.25, -0.2) is 8.42 Å². The minimum atomic E-state index is -3.57. The van der Waals surface area contributed by atoms with Crippen molar-refractivity contribution in [3.63, 3.8) is 0 Å². The largest absolute Gasteiger partial charge is 0.497 e. The van der Waals surface area contributed by atoms with Crippen molar-refractivity contribution in [3.8, 4) is 17.2 Å². The van der Waals surface area contributed by atoms with Crippen LogP contribution < -0.4 is 23.8 Å². The first kappa shape index (κ1) is 20.8. The van der Waals surface area contributed by atoms with Crippen LogP contribution in [-0.2, 0) is 14.8 Å². The third-order valence-electron chi connectivity index (χ3n) is 4.69. The Balaban J connectivity index is 1.83. The van der Waals surface area contributed by atoms with Gasteiger partial charge in [0.25, 0.3) is 5.91 Å². The van der Waals surface area contributed by atoms with Crippen molar-refractivity contribution in [3.05, 3.63) is 48.0 Å². The molecule has 156 valence electrons. The second-order valence-corrected chi connectivity index (χ2v) is 8.61. The number of methoxy groups -OCH3 is 2. The van der Waals surface area contributed by atoms with E-state index >= 15 is 0 Å². The minimum absolute atomic E-state index is 0.107. The van der Waals surface area contributed by atoms with Crippen molar-refractivity contribution in [1.82, 2.24) is 5.32 Å². The van der Waals surface area contributed by atoms with Gasteiger partial charge in [-0.2, -0.15) is 0 Å². The van der Waals surface area contributed by atoms with Crippen molar-refractivity contribution < 1.29 is 27.4 Å². The first-order valence-electron chi connectivity index (χ1n) is 9.00. The molecule has 0 aliphatic carbocycles. The lowest BCUT2D eigenvalue weighted by Crippen LogP contribution is -2.50. The van der Waals surface area contributed by atoms with Crippen LogP contribution in [0.3, 0.4) is 0 Å². The van der Waals surface area contributed by atoms with Gasteiger partial charge in [-0.3, -0.25) is 9.10 Å². The van der Waals surface area contributed by atoms with E-state index < -0.39 is 28.1 Å². The number of benzene rings is 2. The third kappa shape index (κ3) is 4.40. The summed E-state index contributed by atoms with van der Waals surface area (Å²) in [6, 6.07) is 11.6. The van der Waals surface area contributed by atoms with Gasteiger partial charge in [-0.1, -0.05) is 12.1 Å². The maximum atomic E-state index is 12.9. The van der Waals surface area contributed by atoms with Crippen molar-refractivity contribution in [1.29, 1.82) is 0 Å². The number of rotatable bonds is 6. The Morgan fingerprint density at radius 3 is 2.59 bits per heavy atom. The number of anilines is 1. The van der Waals surface area contributed by atoms with E-state index in [9.17, 15) is 13.2 Å². The highest BCUT2D eigenvalue weighted by atomic mass is 32.2. The molecule has 29 heavy (non-hydrogen) atoms. The average molecular weight is 420 g/mol. The van der Waals surface area contributed by atoms with E-state index in [2.05, 4.69) is 5.32 Å². The molecule has 0 bridgehead atoms. The molecule has 0 spiro atoms. The summed E-state index contributed by atoms with van der Waals surface area (Å²) < 4.78 is 42.0. The standard InChI is InChI=1S/C20H24N2O6S/c1-13(15-11-14(26-2)9-10-17(15)27-3)21-20(23)19-12-22(29(4,24)25)16-7-5-6-8-18(16)28-19/h5-11,13,19H,12H2,1-4H3,(H,21,23)/t13-,19+/m0/s1. The quantitative estimate of drug-likeness (QED) is 0.769. The summed E-state index contributed by atoms with van der Waals surface area (Å²) in [5.74, 6) is 1.15. The van der Waals surface area contributed by atoms with Crippen molar-refractivity contribution in [2.45, 2.75) is 19.1 Å². The van der Waals surface area contributed by atoms with Crippen molar-refractivity contribution >= 4 is 21.6 Å². The fraction of sp³-hybridized carbons (Fsp3) is 0.350. The molecule has 3 rings (SSSR count). The lowest BCUT2D eigenvalue weighted by Gasteiger charge is -2.34. The van der Waals surface area contributed by atoms with E-state index in [0.717, 1.165) is 11.8 Å². The summed E-state index contributed by atoms with van der Waals surface area (Å²) >= 11 is 0. The molecule has 0 saturated heterocycles. The Morgan fingerprint density at radius 2 is 1.93 bits per heavy atom. The molecule has 1 heterocycles. The molecule has 0 aromatic heterocycles. The molecule has 1 N–H and O–H groups in total. The van der Waals surface area contributed by atoms with Crippen LogP contribution in [0.1, 0.15) is 18.5 Å². The van der Waals surface area contributed by atoms with E-state index in [1.54, 1.807) is 63.6 Å². The fourth-order valence-electron chi connectivity index (χ4n) is 3.21. The SMILES string of the molecule is COc1ccc(OC)c([C@H](C)NC(=O)[C@H]2CN(S(C)(=O)=O)c3ccccc3O2)c1. The number of hydrogen-bond acceptors (Lipinski definition) is 6. The third-order valence-corrected chi connectivity index (χ3v) is 5.84. The molecule has 0 saturated carbocycles. The van der Waals surface area contributed by atoms with Gasteiger partial charge >= 0.3 is 0 Å². The van der Waals surface area contributed by atoms with Crippen LogP contribution >= 0.6 is 0 Å². The van der Waals surface area contributed by atoms with Crippen LogP contribution in [0.4, 0.5) is 5.69 Å². The molecular formula is C20H24N2O6S.